The van der Waals surface area contributed by atoms with E-state index in [1.54, 1.807) is 36.4 Å². The Morgan fingerprint density at radius 1 is 1.11 bits per heavy atom. The highest BCUT2D eigenvalue weighted by atomic mass is 35.5. The molecule has 1 aliphatic rings. The Balaban J connectivity index is 0.00000120. The van der Waals surface area contributed by atoms with Crippen LogP contribution >= 0.6 is 24.2 Å². The van der Waals surface area contributed by atoms with Crippen LogP contribution in [0.3, 0.4) is 0 Å². The molecule has 9 nitrogen and oxygen atoms in total. The lowest BCUT2D eigenvalue weighted by Gasteiger charge is -2.29. The Labute approximate surface area is 224 Å². The van der Waals surface area contributed by atoms with Gasteiger partial charge in [0.2, 0.25) is 16.4 Å². The molecule has 0 spiro atoms. The second-order valence-electron chi connectivity index (χ2n) is 7.20. The first-order valence-corrected chi connectivity index (χ1v) is 14.0. The van der Waals surface area contributed by atoms with Crippen molar-refractivity contribution < 1.29 is 22.7 Å². The quantitative estimate of drug-likeness (QED) is 0.321. The highest BCUT2D eigenvalue weighted by Gasteiger charge is 2.25. The SMILES string of the molecule is CC.NC=O.O=C(Nc1ccc(S(=O)(=O)N(CCS)CCN2CCOCC2)cc1)c1ccc(Cl)cc1. The van der Waals surface area contributed by atoms with Crippen LogP contribution in [0.4, 0.5) is 5.69 Å². The second-order valence-corrected chi connectivity index (χ2v) is 10.0. The third-order valence-electron chi connectivity index (χ3n) is 4.98. The molecule has 0 saturated carbocycles. The van der Waals surface area contributed by atoms with E-state index in [4.69, 9.17) is 21.1 Å². The van der Waals surface area contributed by atoms with Gasteiger partial charge in [-0.05, 0) is 48.5 Å². The van der Waals surface area contributed by atoms with E-state index in [1.165, 1.54) is 16.4 Å². The first-order valence-electron chi connectivity index (χ1n) is 11.5. The van der Waals surface area contributed by atoms with Gasteiger partial charge < -0.3 is 15.8 Å². The second kappa shape index (κ2) is 17.3. The minimum Gasteiger partial charge on any atom is -0.379 e. The van der Waals surface area contributed by atoms with Crippen molar-refractivity contribution in [2.45, 2.75) is 18.7 Å². The summed E-state index contributed by atoms with van der Waals surface area (Å²) in [5.41, 5.74) is 5.14. The molecular weight excluding hydrogens is 524 g/mol. The number of anilines is 1. The molecule has 0 radical (unpaired) electrons. The van der Waals surface area contributed by atoms with Crippen molar-refractivity contribution in [1.29, 1.82) is 0 Å². The summed E-state index contributed by atoms with van der Waals surface area (Å²) in [6, 6.07) is 12.7. The van der Waals surface area contributed by atoms with Crippen molar-refractivity contribution in [3.8, 4) is 0 Å². The van der Waals surface area contributed by atoms with Gasteiger partial charge in [0.25, 0.3) is 5.91 Å². The van der Waals surface area contributed by atoms with Gasteiger partial charge in [-0.15, -0.1) is 0 Å². The number of halogens is 1. The number of rotatable bonds is 9. The molecule has 0 bridgehead atoms. The average molecular weight is 559 g/mol. The zero-order chi connectivity index (χ0) is 27.0. The number of carbonyl (C=O) groups is 2. The molecule has 2 amide bonds. The zero-order valence-corrected chi connectivity index (χ0v) is 23.1. The molecule has 200 valence electrons. The summed E-state index contributed by atoms with van der Waals surface area (Å²) in [6.45, 7) is 8.30. The van der Waals surface area contributed by atoms with Crippen LogP contribution in [0.15, 0.2) is 53.4 Å². The molecule has 1 saturated heterocycles. The Bertz CT molecular complexity index is 1020. The Kier molecular flexibility index (Phi) is 15.3. The van der Waals surface area contributed by atoms with Crippen LogP contribution in [0.1, 0.15) is 24.2 Å². The molecule has 2 aromatic rings. The highest BCUT2D eigenvalue weighted by Crippen LogP contribution is 2.20. The number of ether oxygens (including phenoxy) is 1. The molecule has 3 N–H and O–H groups in total. The van der Waals surface area contributed by atoms with E-state index < -0.39 is 10.0 Å². The first-order chi connectivity index (χ1) is 17.3. The van der Waals surface area contributed by atoms with Crippen molar-refractivity contribution in [2.75, 3.05) is 57.0 Å². The number of hydrogen-bond acceptors (Lipinski definition) is 7. The number of amides is 2. The third kappa shape index (κ3) is 10.5. The van der Waals surface area contributed by atoms with Crippen molar-refractivity contribution in [2.24, 2.45) is 5.73 Å². The first kappa shape index (κ1) is 31.9. The minimum atomic E-state index is -3.67. The van der Waals surface area contributed by atoms with Crippen molar-refractivity contribution in [1.82, 2.24) is 9.21 Å². The van der Waals surface area contributed by atoms with E-state index in [0.717, 1.165) is 13.1 Å². The zero-order valence-electron chi connectivity index (χ0n) is 20.6. The molecule has 3 rings (SSSR count). The monoisotopic (exact) mass is 558 g/mol. The fourth-order valence-electron chi connectivity index (χ4n) is 3.21. The Hall–Kier alpha value is -2.15. The van der Waals surface area contributed by atoms with Gasteiger partial charge in [0.15, 0.2) is 0 Å². The van der Waals surface area contributed by atoms with Crippen LogP contribution in [-0.4, -0.2) is 81.6 Å². The van der Waals surface area contributed by atoms with Crippen LogP contribution in [0, 0.1) is 0 Å². The number of primary amides is 1. The third-order valence-corrected chi connectivity index (χ3v) is 7.34. The maximum absolute atomic E-state index is 13.1. The molecule has 0 aromatic heterocycles. The van der Waals surface area contributed by atoms with Crippen molar-refractivity contribution >= 4 is 52.3 Å². The number of thiol groups is 1. The fourth-order valence-corrected chi connectivity index (χ4v) is 5.14. The Morgan fingerprint density at radius 2 is 1.67 bits per heavy atom. The summed E-state index contributed by atoms with van der Waals surface area (Å²) < 4.78 is 33.1. The molecule has 12 heteroatoms. The minimum absolute atomic E-state index is 0.181. The lowest BCUT2D eigenvalue weighted by molar-refractivity contribution is -0.106. The highest BCUT2D eigenvalue weighted by molar-refractivity contribution is 7.89. The summed E-state index contributed by atoms with van der Waals surface area (Å²) in [4.78, 5) is 23.3. The predicted octanol–water partition coefficient (Wildman–Crippen LogP) is 2.97. The molecule has 1 fully saturated rings. The number of morpholine rings is 1. The number of nitrogens with zero attached hydrogens (tertiary/aromatic N) is 2. The number of sulfonamides is 1. The molecule has 1 aliphatic heterocycles. The predicted molar refractivity (Wildman–Crippen MR) is 147 cm³/mol. The van der Waals surface area contributed by atoms with Gasteiger partial charge in [-0.25, -0.2) is 8.42 Å². The van der Waals surface area contributed by atoms with Gasteiger partial charge in [0.1, 0.15) is 0 Å². The fraction of sp³-hybridized carbons (Fsp3) is 0.417. The Morgan fingerprint density at radius 3 is 2.19 bits per heavy atom. The standard InChI is InChI=1S/C21H26ClN3O4S2.C2H6.CH3NO/c22-18-3-1-17(2-4-18)21(26)23-19-5-7-20(8-6-19)31(27,28)25(13-16-30)10-9-24-11-14-29-15-12-24;1-2;2-1-3/h1-8,30H,9-16H2,(H,23,26);1-2H3;1H,(H2,2,3). The summed E-state index contributed by atoms with van der Waals surface area (Å²) in [5.74, 6) is 0.131. The maximum atomic E-state index is 13.1. The number of nitrogens with two attached hydrogens (primary N) is 1. The van der Waals surface area contributed by atoms with Crippen molar-refractivity contribution in [3.05, 3.63) is 59.1 Å². The molecule has 0 unspecified atom stereocenters. The number of nitrogens with one attached hydrogen (secondary N) is 1. The molecule has 1 heterocycles. The number of hydrogen-bond donors (Lipinski definition) is 3. The van der Waals surface area contributed by atoms with Crippen molar-refractivity contribution in [3.63, 3.8) is 0 Å². The summed E-state index contributed by atoms with van der Waals surface area (Å²) in [7, 11) is -3.67. The van der Waals surface area contributed by atoms with E-state index in [2.05, 4.69) is 28.6 Å². The van der Waals surface area contributed by atoms with Crippen LogP contribution in [-0.2, 0) is 19.6 Å². The largest absolute Gasteiger partial charge is 0.379 e. The van der Waals surface area contributed by atoms with E-state index in [9.17, 15) is 13.2 Å². The van der Waals surface area contributed by atoms with Gasteiger partial charge in [-0.3, -0.25) is 14.5 Å². The summed E-state index contributed by atoms with van der Waals surface area (Å²) in [6.07, 6.45) is 0.250. The molecule has 36 heavy (non-hydrogen) atoms. The van der Waals surface area contributed by atoms with Gasteiger partial charge in [-0.1, -0.05) is 25.4 Å². The smallest absolute Gasteiger partial charge is 0.255 e. The van der Waals surface area contributed by atoms with Gasteiger partial charge in [-0.2, -0.15) is 16.9 Å². The van der Waals surface area contributed by atoms with E-state index in [-0.39, 0.29) is 17.2 Å². The van der Waals surface area contributed by atoms with E-state index >= 15 is 0 Å². The van der Waals surface area contributed by atoms with E-state index in [1.807, 2.05) is 13.8 Å². The van der Waals surface area contributed by atoms with E-state index in [0.29, 0.717) is 54.9 Å². The molecular formula is C24H35ClN4O5S2. The van der Waals surface area contributed by atoms with Gasteiger partial charge in [0.05, 0.1) is 18.1 Å². The molecule has 0 atom stereocenters. The summed E-state index contributed by atoms with van der Waals surface area (Å²) >= 11 is 10.1. The van der Waals surface area contributed by atoms with Gasteiger partial charge in [0, 0.05) is 54.8 Å². The average Bonchev–Trinajstić information content (AvgIpc) is 2.89. The number of benzene rings is 2. The van der Waals surface area contributed by atoms with Crippen LogP contribution in [0.25, 0.3) is 0 Å². The molecule has 2 aromatic carbocycles. The van der Waals surface area contributed by atoms with Crippen LogP contribution < -0.4 is 11.1 Å². The topological polar surface area (TPSA) is 122 Å². The lowest BCUT2D eigenvalue weighted by Crippen LogP contribution is -2.43. The normalized spacial score (nSPS) is 13.6. The maximum Gasteiger partial charge on any atom is 0.255 e. The molecule has 0 aliphatic carbocycles. The van der Waals surface area contributed by atoms with Crippen LogP contribution in [0.5, 0.6) is 0 Å². The summed E-state index contributed by atoms with van der Waals surface area (Å²) in [5, 5.41) is 3.30. The van der Waals surface area contributed by atoms with Crippen LogP contribution in [0.2, 0.25) is 5.02 Å². The van der Waals surface area contributed by atoms with Gasteiger partial charge >= 0.3 is 0 Å². The lowest BCUT2D eigenvalue weighted by atomic mass is 10.2. The number of carbonyl (C=O) groups excluding carboxylic acids is 2.